The highest BCUT2D eigenvalue weighted by Crippen LogP contribution is 2.51. The molecule has 3 N–H and O–H groups in total. The monoisotopic (exact) mass is 502 g/mol. The van der Waals surface area contributed by atoms with Gasteiger partial charge in [-0.05, 0) is 115 Å². The van der Waals surface area contributed by atoms with Gasteiger partial charge in [0.25, 0.3) is 0 Å². The van der Waals surface area contributed by atoms with Crippen molar-refractivity contribution in [3.63, 3.8) is 0 Å². The van der Waals surface area contributed by atoms with Crippen LogP contribution in [-0.2, 0) is 16.6 Å². The molecule has 0 fully saturated rings. The number of ketones is 1. The SMILES string of the molecule is CC(C)=CCCc1c(C)cc2cc3c(c(O)c2c1O)C(O)=CC(=O)C3(CCC=C(C)C)CCC=C(C)C. The average molecular weight is 503 g/mol. The number of aliphatic hydroxyl groups excluding tert-OH is 1. The van der Waals surface area contributed by atoms with Crippen LogP contribution in [0.5, 0.6) is 11.5 Å². The van der Waals surface area contributed by atoms with Crippen LogP contribution in [0.3, 0.4) is 0 Å². The Labute approximate surface area is 221 Å². The minimum absolute atomic E-state index is 0.0434. The molecule has 0 saturated carbocycles. The Hall–Kier alpha value is -3.27. The summed E-state index contributed by atoms with van der Waals surface area (Å²) in [5, 5.41) is 34.7. The van der Waals surface area contributed by atoms with Gasteiger partial charge in [-0.15, -0.1) is 0 Å². The van der Waals surface area contributed by atoms with E-state index in [-0.39, 0.29) is 28.6 Å². The van der Waals surface area contributed by atoms with E-state index in [2.05, 4.69) is 18.2 Å². The number of allylic oxidation sites excluding steroid dienone is 7. The highest BCUT2D eigenvalue weighted by Gasteiger charge is 2.44. The summed E-state index contributed by atoms with van der Waals surface area (Å²) in [5.74, 6) is -0.504. The number of hydrogen-bond acceptors (Lipinski definition) is 4. The quantitative estimate of drug-likeness (QED) is 0.300. The number of aryl methyl sites for hydroxylation is 1. The topological polar surface area (TPSA) is 77.8 Å². The lowest BCUT2D eigenvalue weighted by Gasteiger charge is -2.37. The molecule has 198 valence electrons. The van der Waals surface area contributed by atoms with Crippen LogP contribution in [-0.4, -0.2) is 21.1 Å². The van der Waals surface area contributed by atoms with E-state index in [1.54, 1.807) is 0 Å². The number of phenolic OH excluding ortho intramolecular Hbond substituents is 2. The summed E-state index contributed by atoms with van der Waals surface area (Å²) < 4.78 is 0. The number of carbonyl (C=O) groups is 1. The number of phenols is 2. The van der Waals surface area contributed by atoms with E-state index < -0.39 is 5.41 Å². The number of aromatic hydroxyl groups is 2. The number of rotatable bonds is 9. The third kappa shape index (κ3) is 5.84. The maximum Gasteiger partial charge on any atom is 0.169 e. The second-order valence-electron chi connectivity index (χ2n) is 11.2. The number of aliphatic hydroxyl groups is 1. The van der Waals surface area contributed by atoms with Crippen LogP contribution < -0.4 is 0 Å². The highest BCUT2D eigenvalue weighted by atomic mass is 16.3. The summed E-state index contributed by atoms with van der Waals surface area (Å²) in [6.07, 6.45) is 11.6. The van der Waals surface area contributed by atoms with Crippen LogP contribution in [0, 0.1) is 6.92 Å². The van der Waals surface area contributed by atoms with Gasteiger partial charge in [-0.2, -0.15) is 0 Å². The van der Waals surface area contributed by atoms with Crippen LogP contribution in [0.4, 0.5) is 0 Å². The van der Waals surface area contributed by atoms with Crippen LogP contribution in [0.1, 0.15) is 95.9 Å². The highest BCUT2D eigenvalue weighted by molar-refractivity contribution is 6.10. The number of benzene rings is 2. The molecule has 3 rings (SSSR count). The van der Waals surface area contributed by atoms with Gasteiger partial charge >= 0.3 is 0 Å². The van der Waals surface area contributed by atoms with Crippen molar-refractivity contribution in [2.45, 2.75) is 92.4 Å². The van der Waals surface area contributed by atoms with Gasteiger partial charge in [0, 0.05) is 6.08 Å². The molecule has 0 aromatic heterocycles. The maximum absolute atomic E-state index is 13.6. The van der Waals surface area contributed by atoms with E-state index in [4.69, 9.17) is 0 Å². The molecule has 0 radical (unpaired) electrons. The van der Waals surface area contributed by atoms with E-state index in [1.165, 1.54) is 22.8 Å². The van der Waals surface area contributed by atoms with Crippen molar-refractivity contribution in [2.24, 2.45) is 0 Å². The lowest BCUT2D eigenvalue weighted by atomic mass is 9.65. The molecule has 0 aliphatic heterocycles. The first-order valence-electron chi connectivity index (χ1n) is 13.3. The van der Waals surface area contributed by atoms with Crippen molar-refractivity contribution in [3.8, 4) is 11.5 Å². The van der Waals surface area contributed by atoms with E-state index >= 15 is 0 Å². The first-order chi connectivity index (χ1) is 17.4. The zero-order valence-corrected chi connectivity index (χ0v) is 23.5. The second kappa shape index (κ2) is 11.4. The van der Waals surface area contributed by atoms with Gasteiger partial charge in [0.15, 0.2) is 5.78 Å². The summed E-state index contributed by atoms with van der Waals surface area (Å²) >= 11 is 0. The zero-order valence-electron chi connectivity index (χ0n) is 23.5. The van der Waals surface area contributed by atoms with Crippen molar-refractivity contribution in [3.05, 3.63) is 75.4 Å². The fourth-order valence-corrected chi connectivity index (χ4v) is 5.49. The molecule has 0 bridgehead atoms. The fourth-order valence-electron chi connectivity index (χ4n) is 5.49. The Kier molecular flexibility index (Phi) is 8.73. The summed E-state index contributed by atoms with van der Waals surface area (Å²) in [6.45, 7) is 14.2. The molecule has 0 heterocycles. The van der Waals surface area contributed by atoms with Gasteiger partial charge in [-0.1, -0.05) is 41.0 Å². The molecular formula is C33H42O4. The Bertz CT molecular complexity index is 1300. The number of hydrogen-bond donors (Lipinski definition) is 3. The van der Waals surface area contributed by atoms with Crippen molar-refractivity contribution in [1.82, 2.24) is 0 Å². The van der Waals surface area contributed by atoms with Crippen LogP contribution in [0.25, 0.3) is 16.5 Å². The van der Waals surface area contributed by atoms with Crippen molar-refractivity contribution in [1.29, 1.82) is 0 Å². The largest absolute Gasteiger partial charge is 0.507 e. The Morgan fingerprint density at radius 1 is 0.811 bits per heavy atom. The Morgan fingerprint density at radius 2 is 1.35 bits per heavy atom. The van der Waals surface area contributed by atoms with Gasteiger partial charge in [0.05, 0.1) is 16.4 Å². The van der Waals surface area contributed by atoms with Gasteiger partial charge < -0.3 is 15.3 Å². The van der Waals surface area contributed by atoms with Crippen LogP contribution in [0.15, 0.2) is 53.2 Å². The Balaban J connectivity index is 2.27. The summed E-state index contributed by atoms with van der Waals surface area (Å²) in [5.41, 5.74) is 5.33. The fraction of sp³-hybridized carbons (Fsp3) is 0.424. The predicted molar refractivity (Wildman–Crippen MR) is 154 cm³/mol. The van der Waals surface area contributed by atoms with E-state index in [9.17, 15) is 20.1 Å². The van der Waals surface area contributed by atoms with E-state index in [0.717, 1.165) is 17.5 Å². The molecule has 0 unspecified atom stereocenters. The molecule has 4 nitrogen and oxygen atoms in total. The van der Waals surface area contributed by atoms with Crippen LogP contribution in [0.2, 0.25) is 0 Å². The molecule has 0 amide bonds. The third-order valence-electron chi connectivity index (χ3n) is 7.41. The third-order valence-corrected chi connectivity index (χ3v) is 7.41. The van der Waals surface area contributed by atoms with Crippen molar-refractivity contribution in [2.75, 3.05) is 0 Å². The van der Waals surface area contributed by atoms with Crippen molar-refractivity contribution >= 4 is 22.3 Å². The van der Waals surface area contributed by atoms with Gasteiger partial charge in [-0.25, -0.2) is 0 Å². The summed E-state index contributed by atoms with van der Waals surface area (Å²) in [4.78, 5) is 13.6. The smallest absolute Gasteiger partial charge is 0.169 e. The molecule has 0 saturated heterocycles. The second-order valence-corrected chi connectivity index (χ2v) is 11.2. The molecule has 0 atom stereocenters. The van der Waals surface area contributed by atoms with Gasteiger partial charge in [0.2, 0.25) is 0 Å². The molecule has 1 aliphatic rings. The molecule has 4 heteroatoms. The molecule has 2 aromatic carbocycles. The summed E-state index contributed by atoms with van der Waals surface area (Å²) in [6, 6.07) is 3.88. The molecule has 2 aromatic rings. The number of fused-ring (bicyclic) bond motifs is 2. The van der Waals surface area contributed by atoms with Crippen LogP contribution >= 0.6 is 0 Å². The minimum atomic E-state index is -0.878. The zero-order chi connectivity index (χ0) is 27.5. The molecular weight excluding hydrogens is 460 g/mol. The molecule has 1 aliphatic carbocycles. The van der Waals surface area contributed by atoms with Gasteiger partial charge in [0.1, 0.15) is 17.3 Å². The van der Waals surface area contributed by atoms with Crippen molar-refractivity contribution < 1.29 is 20.1 Å². The van der Waals surface area contributed by atoms with E-state index in [1.807, 2.05) is 60.6 Å². The minimum Gasteiger partial charge on any atom is -0.507 e. The Morgan fingerprint density at radius 3 is 1.89 bits per heavy atom. The molecule has 37 heavy (non-hydrogen) atoms. The summed E-state index contributed by atoms with van der Waals surface area (Å²) in [7, 11) is 0. The first-order valence-corrected chi connectivity index (χ1v) is 13.3. The van der Waals surface area contributed by atoms with Gasteiger partial charge in [-0.3, -0.25) is 4.79 Å². The maximum atomic E-state index is 13.6. The lowest BCUT2D eigenvalue weighted by molar-refractivity contribution is -0.120. The first kappa shape index (κ1) is 28.3. The van der Waals surface area contributed by atoms with E-state index in [0.29, 0.717) is 48.4 Å². The number of carbonyl (C=O) groups excluding carboxylic acids is 1. The normalized spacial score (nSPS) is 14.1. The average Bonchev–Trinajstić information content (AvgIpc) is 2.78. The lowest BCUT2D eigenvalue weighted by Crippen LogP contribution is -2.38. The molecule has 0 spiro atoms. The standard InChI is InChI=1S/C33H42O4/c1-20(2)11-8-14-25-23(7)17-24-18-26-30(32(37)29(24)31(25)36)27(34)19-28(35)33(26,15-9-12-21(3)4)16-10-13-22(5)6/h11-13,17-19,34,36-37H,8-10,14-16H2,1-7H3. The predicted octanol–water partition coefficient (Wildman–Crippen LogP) is 8.67.